The van der Waals surface area contributed by atoms with Gasteiger partial charge in [-0.05, 0) is 25.1 Å². The molecular formula is C12H15Cl2NO. The second-order valence-electron chi connectivity index (χ2n) is 4.20. The Morgan fingerprint density at radius 1 is 1.31 bits per heavy atom. The van der Waals surface area contributed by atoms with Gasteiger partial charge >= 0.3 is 0 Å². The Bertz CT molecular complexity index is 370. The van der Waals surface area contributed by atoms with E-state index in [-0.39, 0.29) is 6.10 Å². The van der Waals surface area contributed by atoms with Crippen molar-refractivity contribution in [2.75, 3.05) is 13.1 Å². The number of benzene rings is 1. The highest BCUT2D eigenvalue weighted by atomic mass is 35.5. The van der Waals surface area contributed by atoms with Gasteiger partial charge in [-0.15, -0.1) is 0 Å². The Morgan fingerprint density at radius 3 is 2.81 bits per heavy atom. The van der Waals surface area contributed by atoms with E-state index >= 15 is 0 Å². The Morgan fingerprint density at radius 2 is 2.12 bits per heavy atom. The van der Waals surface area contributed by atoms with Crippen molar-refractivity contribution in [3.8, 4) is 5.75 Å². The maximum atomic E-state index is 5.94. The average Bonchev–Trinajstić information content (AvgIpc) is 2.27. The van der Waals surface area contributed by atoms with Gasteiger partial charge in [0.15, 0.2) is 0 Å². The number of ether oxygens (including phenoxy) is 1. The summed E-state index contributed by atoms with van der Waals surface area (Å²) in [6, 6.07) is 5.41. The molecule has 1 aromatic carbocycles. The van der Waals surface area contributed by atoms with E-state index in [1.807, 2.05) is 6.07 Å². The standard InChI is InChI=1S/C12H15Cl2NO/c1-8-7-15-5-4-12(8)16-9-2-3-10(13)11(14)6-9/h2-3,6,8,12,15H,4-5,7H2,1H3. The summed E-state index contributed by atoms with van der Waals surface area (Å²) in [5.41, 5.74) is 0. The molecule has 0 spiro atoms. The van der Waals surface area contributed by atoms with Crippen LogP contribution in [0.25, 0.3) is 0 Å². The predicted molar refractivity (Wildman–Crippen MR) is 67.5 cm³/mol. The minimum atomic E-state index is 0.262. The molecule has 1 saturated heterocycles. The molecule has 2 nitrogen and oxygen atoms in total. The van der Waals surface area contributed by atoms with Crippen LogP contribution in [0.5, 0.6) is 5.75 Å². The van der Waals surface area contributed by atoms with Crippen molar-refractivity contribution in [2.24, 2.45) is 5.92 Å². The fourth-order valence-corrected chi connectivity index (χ4v) is 2.18. The highest BCUT2D eigenvalue weighted by molar-refractivity contribution is 6.42. The van der Waals surface area contributed by atoms with Gasteiger partial charge in [-0.25, -0.2) is 0 Å². The summed E-state index contributed by atoms with van der Waals surface area (Å²) in [5.74, 6) is 1.32. The Balaban J connectivity index is 2.05. The monoisotopic (exact) mass is 259 g/mol. The molecule has 16 heavy (non-hydrogen) atoms. The predicted octanol–water partition coefficient (Wildman–Crippen LogP) is 3.37. The molecule has 0 aromatic heterocycles. The number of rotatable bonds is 2. The zero-order chi connectivity index (χ0) is 11.5. The quantitative estimate of drug-likeness (QED) is 0.880. The van der Waals surface area contributed by atoms with Gasteiger partial charge in [-0.3, -0.25) is 0 Å². The normalized spacial score (nSPS) is 25.4. The van der Waals surface area contributed by atoms with Crippen LogP contribution >= 0.6 is 23.2 Å². The zero-order valence-corrected chi connectivity index (χ0v) is 10.7. The van der Waals surface area contributed by atoms with Gasteiger partial charge in [0.05, 0.1) is 10.0 Å². The molecule has 1 fully saturated rings. The summed E-state index contributed by atoms with van der Waals surface area (Å²) in [6.45, 7) is 4.21. The first-order valence-electron chi connectivity index (χ1n) is 5.49. The Labute approximate surface area is 106 Å². The van der Waals surface area contributed by atoms with Crippen molar-refractivity contribution < 1.29 is 4.74 Å². The molecule has 2 atom stereocenters. The second kappa shape index (κ2) is 5.26. The molecule has 1 N–H and O–H groups in total. The average molecular weight is 260 g/mol. The molecule has 0 aliphatic carbocycles. The molecule has 88 valence electrons. The molecule has 1 aliphatic rings. The first-order chi connectivity index (χ1) is 7.66. The molecule has 1 heterocycles. The molecular weight excluding hydrogens is 245 g/mol. The SMILES string of the molecule is CC1CNCCC1Oc1ccc(Cl)c(Cl)c1. The van der Waals surface area contributed by atoms with Gasteiger partial charge in [-0.1, -0.05) is 30.1 Å². The summed E-state index contributed by atoms with van der Waals surface area (Å²) < 4.78 is 5.92. The Hall–Kier alpha value is -0.440. The lowest BCUT2D eigenvalue weighted by atomic mass is 9.98. The van der Waals surface area contributed by atoms with E-state index < -0.39 is 0 Å². The van der Waals surface area contributed by atoms with Gasteiger partial charge in [-0.2, -0.15) is 0 Å². The smallest absolute Gasteiger partial charge is 0.121 e. The molecule has 0 amide bonds. The minimum Gasteiger partial charge on any atom is -0.490 e. The van der Waals surface area contributed by atoms with Crippen LogP contribution in [0.3, 0.4) is 0 Å². The number of nitrogens with one attached hydrogen (secondary N) is 1. The van der Waals surface area contributed by atoms with E-state index in [2.05, 4.69) is 12.2 Å². The van der Waals surface area contributed by atoms with Crippen molar-refractivity contribution in [2.45, 2.75) is 19.4 Å². The van der Waals surface area contributed by atoms with E-state index in [9.17, 15) is 0 Å². The highest BCUT2D eigenvalue weighted by Gasteiger charge is 2.22. The third kappa shape index (κ3) is 2.82. The van der Waals surface area contributed by atoms with Gasteiger partial charge in [0.1, 0.15) is 11.9 Å². The van der Waals surface area contributed by atoms with Crippen LogP contribution in [-0.4, -0.2) is 19.2 Å². The molecule has 4 heteroatoms. The van der Waals surface area contributed by atoms with Crippen LogP contribution in [0.4, 0.5) is 0 Å². The molecule has 1 aromatic rings. The first kappa shape index (κ1) is 12.0. The summed E-state index contributed by atoms with van der Waals surface area (Å²) >= 11 is 11.8. The van der Waals surface area contributed by atoms with E-state index in [1.54, 1.807) is 12.1 Å². The number of piperidine rings is 1. The van der Waals surface area contributed by atoms with Crippen molar-refractivity contribution in [3.05, 3.63) is 28.2 Å². The summed E-state index contributed by atoms with van der Waals surface area (Å²) in [6.07, 6.45) is 1.29. The van der Waals surface area contributed by atoms with Crippen molar-refractivity contribution in [1.82, 2.24) is 5.32 Å². The van der Waals surface area contributed by atoms with Crippen molar-refractivity contribution >= 4 is 23.2 Å². The third-order valence-corrected chi connectivity index (χ3v) is 3.62. The van der Waals surface area contributed by atoms with Gasteiger partial charge in [0, 0.05) is 18.5 Å². The lowest BCUT2D eigenvalue weighted by Gasteiger charge is -2.30. The highest BCUT2D eigenvalue weighted by Crippen LogP contribution is 2.28. The fraction of sp³-hybridized carbons (Fsp3) is 0.500. The molecule has 0 bridgehead atoms. The second-order valence-corrected chi connectivity index (χ2v) is 5.02. The van der Waals surface area contributed by atoms with Gasteiger partial charge in [0.2, 0.25) is 0 Å². The maximum absolute atomic E-state index is 5.94. The van der Waals surface area contributed by atoms with Crippen molar-refractivity contribution in [3.63, 3.8) is 0 Å². The van der Waals surface area contributed by atoms with Crippen LogP contribution in [0.15, 0.2) is 18.2 Å². The molecule has 2 rings (SSSR count). The van der Waals surface area contributed by atoms with Crippen LogP contribution in [0, 0.1) is 5.92 Å². The summed E-state index contributed by atoms with van der Waals surface area (Å²) in [4.78, 5) is 0. The molecule has 0 radical (unpaired) electrons. The number of hydrogen-bond donors (Lipinski definition) is 1. The van der Waals surface area contributed by atoms with Crippen LogP contribution < -0.4 is 10.1 Å². The summed E-state index contributed by atoms with van der Waals surface area (Å²) in [5, 5.41) is 4.45. The van der Waals surface area contributed by atoms with Crippen LogP contribution in [-0.2, 0) is 0 Å². The lowest BCUT2D eigenvalue weighted by Crippen LogP contribution is -2.41. The Kier molecular flexibility index (Phi) is 3.95. The fourth-order valence-electron chi connectivity index (χ4n) is 1.89. The van der Waals surface area contributed by atoms with Gasteiger partial charge in [0.25, 0.3) is 0 Å². The number of halogens is 2. The van der Waals surface area contributed by atoms with E-state index in [0.29, 0.717) is 16.0 Å². The molecule has 0 saturated carbocycles. The molecule has 1 aliphatic heterocycles. The van der Waals surface area contributed by atoms with Crippen molar-refractivity contribution in [1.29, 1.82) is 0 Å². The third-order valence-electron chi connectivity index (χ3n) is 2.89. The zero-order valence-electron chi connectivity index (χ0n) is 9.17. The topological polar surface area (TPSA) is 21.3 Å². The first-order valence-corrected chi connectivity index (χ1v) is 6.25. The summed E-state index contributed by atoms with van der Waals surface area (Å²) in [7, 11) is 0. The lowest BCUT2D eigenvalue weighted by molar-refractivity contribution is 0.112. The van der Waals surface area contributed by atoms with Crippen LogP contribution in [0.1, 0.15) is 13.3 Å². The largest absolute Gasteiger partial charge is 0.490 e. The maximum Gasteiger partial charge on any atom is 0.121 e. The van der Waals surface area contributed by atoms with Gasteiger partial charge < -0.3 is 10.1 Å². The van der Waals surface area contributed by atoms with E-state index in [1.165, 1.54) is 0 Å². The van der Waals surface area contributed by atoms with E-state index in [0.717, 1.165) is 25.3 Å². The molecule has 2 unspecified atom stereocenters. The van der Waals surface area contributed by atoms with Crippen LogP contribution in [0.2, 0.25) is 10.0 Å². The minimum absolute atomic E-state index is 0.262. The van der Waals surface area contributed by atoms with E-state index in [4.69, 9.17) is 27.9 Å². The number of hydrogen-bond acceptors (Lipinski definition) is 2.